The molecule has 0 heterocycles. The van der Waals surface area contributed by atoms with Gasteiger partial charge in [0, 0.05) is 21.7 Å². The van der Waals surface area contributed by atoms with Gasteiger partial charge in [-0.25, -0.2) is 0 Å². The first-order valence-electron chi connectivity index (χ1n) is 5.10. The molecule has 1 aromatic carbocycles. The van der Waals surface area contributed by atoms with Crippen molar-refractivity contribution in [1.29, 1.82) is 0 Å². The predicted octanol–water partition coefficient (Wildman–Crippen LogP) is 3.10. The van der Waals surface area contributed by atoms with Crippen LogP contribution in [0.15, 0.2) is 12.1 Å². The molecule has 0 radical (unpaired) electrons. The average Bonchev–Trinajstić information content (AvgIpc) is 2.29. The van der Waals surface area contributed by atoms with E-state index in [-0.39, 0.29) is 12.5 Å². The van der Waals surface area contributed by atoms with Gasteiger partial charge < -0.3 is 10.4 Å². The van der Waals surface area contributed by atoms with Crippen LogP contribution in [0.1, 0.15) is 23.2 Å². The van der Waals surface area contributed by atoms with Crippen molar-refractivity contribution in [2.45, 2.75) is 12.8 Å². The van der Waals surface area contributed by atoms with Crippen LogP contribution in [0.4, 0.5) is 0 Å². The average molecular weight is 388 g/mol. The molecule has 0 aliphatic carbocycles. The van der Waals surface area contributed by atoms with E-state index in [4.69, 9.17) is 28.3 Å². The summed E-state index contributed by atoms with van der Waals surface area (Å²) in [6.45, 7) is 0.663. The fourth-order valence-corrected chi connectivity index (χ4v) is 2.30. The van der Waals surface area contributed by atoms with Gasteiger partial charge in [0.1, 0.15) is 0 Å². The molecule has 0 aromatic heterocycles. The molecule has 0 saturated heterocycles. The molecule has 0 atom stereocenters. The number of carbonyl (C=O) groups excluding carboxylic acids is 1. The van der Waals surface area contributed by atoms with Gasteiger partial charge in [-0.15, -0.1) is 0 Å². The summed E-state index contributed by atoms with van der Waals surface area (Å²) in [5.41, 5.74) is 0.479. The maximum absolute atomic E-state index is 11.8. The molecule has 1 rings (SSSR count). The summed E-state index contributed by atoms with van der Waals surface area (Å²) in [5.74, 6) is -0.197. The van der Waals surface area contributed by atoms with Crippen molar-refractivity contribution < 1.29 is 9.90 Å². The highest BCUT2D eigenvalue weighted by Gasteiger charge is 2.13. The molecule has 0 saturated carbocycles. The van der Waals surface area contributed by atoms with Crippen LogP contribution < -0.4 is 5.32 Å². The minimum atomic E-state index is -0.197. The molecular weight excluding hydrogens is 376 g/mol. The Hall–Kier alpha value is -0.0400. The zero-order valence-electron chi connectivity index (χ0n) is 8.97. The minimum absolute atomic E-state index is 0.135. The number of hydrogen-bond donors (Lipinski definition) is 2. The van der Waals surface area contributed by atoms with E-state index in [0.29, 0.717) is 32.1 Å². The lowest BCUT2D eigenvalue weighted by molar-refractivity contribution is 0.0951. The Morgan fingerprint density at radius 2 is 2.06 bits per heavy atom. The minimum Gasteiger partial charge on any atom is -0.396 e. The van der Waals surface area contributed by atoms with Crippen molar-refractivity contribution in [1.82, 2.24) is 5.32 Å². The summed E-state index contributed by atoms with van der Waals surface area (Å²) < 4.78 is 0.688. The lowest BCUT2D eigenvalue weighted by Crippen LogP contribution is -2.25. The molecule has 0 bridgehead atoms. The number of hydrogen-bond acceptors (Lipinski definition) is 2. The van der Waals surface area contributed by atoms with E-state index in [1.165, 1.54) is 0 Å². The van der Waals surface area contributed by atoms with Crippen molar-refractivity contribution in [3.8, 4) is 0 Å². The molecule has 1 amide bonds. The Bertz CT molecular complexity index is 413. The molecule has 2 N–H and O–H groups in total. The molecule has 0 fully saturated rings. The van der Waals surface area contributed by atoms with E-state index in [2.05, 4.69) is 5.32 Å². The molecule has 6 heteroatoms. The van der Waals surface area contributed by atoms with Gasteiger partial charge in [0.2, 0.25) is 0 Å². The number of halogens is 3. The Kier molecular flexibility index (Phi) is 6.54. The zero-order valence-corrected chi connectivity index (χ0v) is 12.6. The second-order valence-corrected chi connectivity index (χ2v) is 5.36. The van der Waals surface area contributed by atoms with Crippen molar-refractivity contribution in [2.75, 3.05) is 13.2 Å². The number of rotatable bonds is 5. The van der Waals surface area contributed by atoms with Crippen molar-refractivity contribution in [3.05, 3.63) is 31.3 Å². The van der Waals surface area contributed by atoms with Crippen molar-refractivity contribution >= 4 is 51.7 Å². The lowest BCUT2D eigenvalue weighted by Gasteiger charge is -2.08. The molecular formula is C11H12Cl2INO2. The van der Waals surface area contributed by atoms with E-state index in [1.807, 2.05) is 22.6 Å². The third-order valence-corrected chi connectivity index (χ3v) is 4.11. The maximum atomic E-state index is 11.8. The Morgan fingerprint density at radius 1 is 1.35 bits per heavy atom. The molecule has 94 valence electrons. The number of benzene rings is 1. The van der Waals surface area contributed by atoms with Gasteiger partial charge in [-0.05, 0) is 47.6 Å². The highest BCUT2D eigenvalue weighted by atomic mass is 127. The summed E-state index contributed by atoms with van der Waals surface area (Å²) in [5, 5.41) is 12.3. The van der Waals surface area contributed by atoms with Crippen LogP contribution in [0.2, 0.25) is 10.0 Å². The molecule has 0 unspecified atom stereocenters. The molecule has 17 heavy (non-hydrogen) atoms. The smallest absolute Gasteiger partial charge is 0.252 e. The van der Waals surface area contributed by atoms with Crippen LogP contribution >= 0.6 is 45.8 Å². The topological polar surface area (TPSA) is 49.3 Å². The Morgan fingerprint density at radius 3 is 2.71 bits per heavy atom. The van der Waals surface area contributed by atoms with Gasteiger partial charge in [0.15, 0.2) is 0 Å². The van der Waals surface area contributed by atoms with E-state index in [1.54, 1.807) is 12.1 Å². The van der Waals surface area contributed by atoms with Crippen LogP contribution in [0, 0.1) is 3.57 Å². The number of aliphatic hydroxyl groups excluding tert-OH is 1. The summed E-state index contributed by atoms with van der Waals surface area (Å²) >= 11 is 13.8. The summed E-state index contributed by atoms with van der Waals surface area (Å²) in [6, 6.07) is 3.20. The predicted molar refractivity (Wildman–Crippen MR) is 77.8 cm³/mol. The lowest BCUT2D eigenvalue weighted by atomic mass is 10.2. The fourth-order valence-electron chi connectivity index (χ4n) is 1.26. The fraction of sp³-hybridized carbons (Fsp3) is 0.364. The first kappa shape index (κ1) is 15.0. The SMILES string of the molecule is O=C(NCCCCO)c1cc(Cl)cc(Cl)c1I. The highest BCUT2D eigenvalue weighted by Crippen LogP contribution is 2.26. The van der Waals surface area contributed by atoms with E-state index < -0.39 is 0 Å². The van der Waals surface area contributed by atoms with Gasteiger partial charge in [-0.2, -0.15) is 0 Å². The monoisotopic (exact) mass is 387 g/mol. The number of unbranched alkanes of at least 4 members (excludes halogenated alkanes) is 1. The standard InChI is InChI=1S/C11H12Cl2INO2/c12-7-5-8(10(14)9(13)6-7)11(17)15-3-1-2-4-16/h5-6,16H,1-4H2,(H,15,17). The van der Waals surface area contributed by atoms with Crippen LogP contribution in [0.3, 0.4) is 0 Å². The van der Waals surface area contributed by atoms with Gasteiger partial charge in [-0.1, -0.05) is 23.2 Å². The van der Waals surface area contributed by atoms with E-state index in [0.717, 1.165) is 6.42 Å². The number of carbonyl (C=O) groups is 1. The normalized spacial score (nSPS) is 10.4. The van der Waals surface area contributed by atoms with Crippen molar-refractivity contribution in [2.24, 2.45) is 0 Å². The number of aliphatic hydroxyl groups is 1. The van der Waals surface area contributed by atoms with Crippen LogP contribution in [0.5, 0.6) is 0 Å². The van der Waals surface area contributed by atoms with Crippen LogP contribution in [0.25, 0.3) is 0 Å². The molecule has 3 nitrogen and oxygen atoms in total. The number of amides is 1. The Balaban J connectivity index is 2.69. The second-order valence-electron chi connectivity index (χ2n) is 3.44. The van der Waals surface area contributed by atoms with Crippen LogP contribution in [-0.2, 0) is 0 Å². The van der Waals surface area contributed by atoms with E-state index >= 15 is 0 Å². The quantitative estimate of drug-likeness (QED) is 0.463. The summed E-state index contributed by atoms with van der Waals surface area (Å²) in [7, 11) is 0. The first-order chi connectivity index (χ1) is 8.06. The zero-order chi connectivity index (χ0) is 12.8. The second kappa shape index (κ2) is 7.41. The molecule has 0 aliphatic rings. The Labute approximate surface area is 124 Å². The highest BCUT2D eigenvalue weighted by molar-refractivity contribution is 14.1. The third kappa shape index (κ3) is 4.62. The summed E-state index contributed by atoms with van der Waals surface area (Å²) in [6.07, 6.45) is 1.42. The number of nitrogens with one attached hydrogen (secondary N) is 1. The van der Waals surface area contributed by atoms with Gasteiger partial charge in [0.25, 0.3) is 5.91 Å². The van der Waals surface area contributed by atoms with Gasteiger partial charge in [0.05, 0.1) is 10.6 Å². The molecule has 0 aliphatic heterocycles. The van der Waals surface area contributed by atoms with E-state index in [9.17, 15) is 4.79 Å². The van der Waals surface area contributed by atoms with Crippen molar-refractivity contribution in [3.63, 3.8) is 0 Å². The van der Waals surface area contributed by atoms with Crippen LogP contribution in [-0.4, -0.2) is 24.2 Å². The maximum Gasteiger partial charge on any atom is 0.252 e. The molecule has 1 aromatic rings. The first-order valence-corrected chi connectivity index (χ1v) is 6.93. The summed E-state index contributed by atoms with van der Waals surface area (Å²) in [4.78, 5) is 11.8. The molecule has 0 spiro atoms. The van der Waals surface area contributed by atoms with Gasteiger partial charge >= 0.3 is 0 Å². The third-order valence-electron chi connectivity index (χ3n) is 2.11. The van der Waals surface area contributed by atoms with Gasteiger partial charge in [-0.3, -0.25) is 4.79 Å². The largest absolute Gasteiger partial charge is 0.396 e.